The van der Waals surface area contributed by atoms with Crippen LogP contribution in [-0.2, 0) is 19.6 Å². The van der Waals surface area contributed by atoms with Crippen molar-refractivity contribution in [3.63, 3.8) is 0 Å². The summed E-state index contributed by atoms with van der Waals surface area (Å²) in [5.41, 5.74) is -5.26. The highest BCUT2D eigenvalue weighted by molar-refractivity contribution is 7.90. The second kappa shape index (κ2) is 9.40. The average Bonchev–Trinajstić information content (AvgIpc) is 2.60. The van der Waals surface area contributed by atoms with Crippen LogP contribution in [0.25, 0.3) is 0 Å². The van der Waals surface area contributed by atoms with Crippen LogP contribution in [0.5, 0.6) is 0 Å². The quantitative estimate of drug-likeness (QED) is 0.382. The first kappa shape index (κ1) is 22.5. The van der Waals surface area contributed by atoms with E-state index in [0.29, 0.717) is 36.2 Å². The first-order valence-electron chi connectivity index (χ1n) is 8.11. The smallest absolute Gasteiger partial charge is 0.469 e. The summed E-state index contributed by atoms with van der Waals surface area (Å²) < 4.78 is 65.5. The van der Waals surface area contributed by atoms with Crippen LogP contribution in [0.3, 0.4) is 0 Å². The van der Waals surface area contributed by atoms with E-state index in [1.54, 1.807) is 14.0 Å². The lowest BCUT2D eigenvalue weighted by molar-refractivity contribution is -0.144. The molecule has 0 aliphatic carbocycles. The molecule has 1 rings (SSSR count). The van der Waals surface area contributed by atoms with Gasteiger partial charge in [0.15, 0.2) is 5.96 Å². The number of sulfonamides is 1. The van der Waals surface area contributed by atoms with Crippen LogP contribution < -0.4 is 10.6 Å². The third-order valence-electron chi connectivity index (χ3n) is 4.17. The van der Waals surface area contributed by atoms with Gasteiger partial charge in [-0.2, -0.15) is 17.5 Å². The number of esters is 1. The normalized spacial score (nSPS) is 19.1. The summed E-state index contributed by atoms with van der Waals surface area (Å²) in [5, 5.41) is 5.99. The van der Waals surface area contributed by atoms with Crippen molar-refractivity contribution >= 4 is 22.0 Å². The van der Waals surface area contributed by atoms with E-state index in [0.717, 1.165) is 0 Å². The van der Waals surface area contributed by atoms with Crippen LogP contribution in [0, 0.1) is 11.8 Å². The van der Waals surface area contributed by atoms with E-state index in [1.807, 2.05) is 0 Å². The summed E-state index contributed by atoms with van der Waals surface area (Å²) in [7, 11) is -2.40. The van der Waals surface area contributed by atoms with Crippen LogP contribution in [0.1, 0.15) is 19.8 Å². The molecule has 0 aromatic rings. The maximum absolute atomic E-state index is 12.5. The first-order valence-corrected chi connectivity index (χ1v) is 9.55. The largest absolute Gasteiger partial charge is 0.511 e. The highest BCUT2D eigenvalue weighted by Gasteiger charge is 2.50. The molecule has 1 aliphatic heterocycles. The first-order chi connectivity index (χ1) is 12.0. The number of ether oxygens (including phenoxy) is 1. The molecule has 0 radical (unpaired) electrons. The second-order valence-corrected chi connectivity index (χ2v) is 7.98. The van der Waals surface area contributed by atoms with Crippen LogP contribution in [0.4, 0.5) is 13.2 Å². The van der Waals surface area contributed by atoms with Crippen molar-refractivity contribution in [3.05, 3.63) is 0 Å². The molecule has 0 aromatic heterocycles. The van der Waals surface area contributed by atoms with Gasteiger partial charge in [-0.1, -0.05) is 6.92 Å². The Labute approximate surface area is 151 Å². The van der Waals surface area contributed by atoms with Gasteiger partial charge in [-0.25, -0.2) is 8.42 Å². The van der Waals surface area contributed by atoms with Crippen molar-refractivity contribution in [2.75, 3.05) is 40.3 Å². The van der Waals surface area contributed by atoms with E-state index in [1.165, 1.54) is 7.11 Å². The number of aliphatic imine (C=N–C) groups is 1. The molecule has 2 N–H and O–H groups in total. The molecule has 0 saturated carbocycles. The zero-order chi connectivity index (χ0) is 20.0. The molecule has 1 heterocycles. The van der Waals surface area contributed by atoms with E-state index in [4.69, 9.17) is 0 Å². The van der Waals surface area contributed by atoms with Gasteiger partial charge in [0, 0.05) is 33.2 Å². The Morgan fingerprint density at radius 2 is 1.88 bits per heavy atom. The Balaban J connectivity index is 2.42. The SMILES string of the molecule is CN=C(NCC1CCN(S(=O)(=O)C(F)(F)F)CC1)NCC(C)C(=O)OC. The predicted octanol–water partition coefficient (Wildman–Crippen LogP) is 0.522. The van der Waals surface area contributed by atoms with Gasteiger partial charge < -0.3 is 15.4 Å². The minimum atomic E-state index is -5.26. The number of alkyl halides is 3. The average molecular weight is 402 g/mol. The Morgan fingerprint density at radius 1 is 1.31 bits per heavy atom. The molecular formula is C14H25F3N4O4S. The molecule has 1 saturated heterocycles. The van der Waals surface area contributed by atoms with Crippen molar-refractivity contribution in [1.82, 2.24) is 14.9 Å². The number of nitrogens with one attached hydrogen (secondary N) is 2. The highest BCUT2D eigenvalue weighted by Crippen LogP contribution is 2.30. The van der Waals surface area contributed by atoms with Crippen molar-refractivity contribution in [2.45, 2.75) is 25.3 Å². The molecule has 0 spiro atoms. The maximum atomic E-state index is 12.5. The van der Waals surface area contributed by atoms with Crippen molar-refractivity contribution in [3.8, 4) is 0 Å². The lowest BCUT2D eigenvalue weighted by atomic mass is 9.98. The van der Waals surface area contributed by atoms with Crippen LogP contribution in [0.15, 0.2) is 4.99 Å². The summed E-state index contributed by atoms with van der Waals surface area (Å²) in [4.78, 5) is 15.3. The Morgan fingerprint density at radius 3 is 2.35 bits per heavy atom. The van der Waals surface area contributed by atoms with Gasteiger partial charge in [0.25, 0.3) is 0 Å². The number of halogens is 3. The third kappa shape index (κ3) is 6.01. The van der Waals surface area contributed by atoms with E-state index < -0.39 is 15.5 Å². The number of hydrogen-bond donors (Lipinski definition) is 2. The monoisotopic (exact) mass is 402 g/mol. The molecule has 0 bridgehead atoms. The summed E-state index contributed by atoms with van der Waals surface area (Å²) in [6, 6.07) is 0. The standard InChI is InChI=1S/C14H25F3N4O4S/c1-10(12(22)25-3)8-19-13(18-2)20-9-11-4-6-21(7-5-11)26(23,24)14(15,16)17/h10-11H,4-9H2,1-3H3,(H2,18,19,20). The number of guanidine groups is 1. The van der Waals surface area contributed by atoms with E-state index >= 15 is 0 Å². The topological polar surface area (TPSA) is 100 Å². The summed E-state index contributed by atoms with van der Waals surface area (Å²) >= 11 is 0. The van der Waals surface area contributed by atoms with E-state index in [-0.39, 0.29) is 30.9 Å². The van der Waals surface area contributed by atoms with Gasteiger partial charge in [-0.3, -0.25) is 9.79 Å². The Bertz CT molecular complexity index is 602. The molecule has 1 fully saturated rings. The maximum Gasteiger partial charge on any atom is 0.511 e. The summed E-state index contributed by atoms with van der Waals surface area (Å²) in [5.74, 6) is -0.252. The number of hydrogen-bond acceptors (Lipinski definition) is 5. The molecule has 0 aromatic carbocycles. The van der Waals surface area contributed by atoms with Crippen LogP contribution >= 0.6 is 0 Å². The molecule has 26 heavy (non-hydrogen) atoms. The fourth-order valence-electron chi connectivity index (χ4n) is 2.50. The summed E-state index contributed by atoms with van der Waals surface area (Å²) in [6.45, 7) is 2.11. The highest BCUT2D eigenvalue weighted by atomic mass is 32.2. The Kier molecular flexibility index (Phi) is 8.13. The van der Waals surface area contributed by atoms with Crippen molar-refractivity contribution in [2.24, 2.45) is 16.8 Å². The number of nitrogens with zero attached hydrogens (tertiary/aromatic N) is 2. The van der Waals surface area contributed by atoms with Crippen LogP contribution in [-0.4, -0.2) is 70.5 Å². The molecule has 1 aliphatic rings. The van der Waals surface area contributed by atoms with E-state index in [2.05, 4.69) is 20.4 Å². The summed E-state index contributed by atoms with van der Waals surface area (Å²) in [6.07, 6.45) is 0.635. The number of rotatable bonds is 6. The van der Waals surface area contributed by atoms with Crippen molar-refractivity contribution < 1.29 is 31.1 Å². The zero-order valence-electron chi connectivity index (χ0n) is 15.0. The molecule has 152 valence electrons. The Hall–Kier alpha value is -1.56. The van der Waals surface area contributed by atoms with Gasteiger partial charge in [-0.15, -0.1) is 0 Å². The van der Waals surface area contributed by atoms with Gasteiger partial charge in [0.2, 0.25) is 0 Å². The molecular weight excluding hydrogens is 377 g/mol. The number of piperidine rings is 1. The van der Waals surface area contributed by atoms with Gasteiger partial charge in [0.05, 0.1) is 13.0 Å². The molecule has 1 atom stereocenters. The van der Waals surface area contributed by atoms with Gasteiger partial charge in [0.1, 0.15) is 0 Å². The van der Waals surface area contributed by atoms with E-state index in [9.17, 15) is 26.4 Å². The number of carbonyl (C=O) groups is 1. The lowest BCUT2D eigenvalue weighted by Crippen LogP contribution is -2.47. The predicted molar refractivity (Wildman–Crippen MR) is 89.8 cm³/mol. The zero-order valence-corrected chi connectivity index (χ0v) is 15.8. The van der Waals surface area contributed by atoms with Gasteiger partial charge >= 0.3 is 21.5 Å². The molecule has 12 heteroatoms. The lowest BCUT2D eigenvalue weighted by Gasteiger charge is -2.31. The minimum Gasteiger partial charge on any atom is -0.469 e. The number of methoxy groups -OCH3 is 1. The molecule has 1 unspecified atom stereocenters. The number of carbonyl (C=O) groups excluding carboxylic acids is 1. The van der Waals surface area contributed by atoms with Crippen molar-refractivity contribution in [1.29, 1.82) is 0 Å². The molecule has 8 nitrogen and oxygen atoms in total. The van der Waals surface area contributed by atoms with Gasteiger partial charge in [-0.05, 0) is 18.8 Å². The third-order valence-corrected chi connectivity index (χ3v) is 5.80. The van der Waals surface area contributed by atoms with Crippen LogP contribution in [0.2, 0.25) is 0 Å². The fraction of sp³-hybridized carbons (Fsp3) is 0.857. The molecule has 0 amide bonds. The minimum absolute atomic E-state index is 0.0197. The fourth-order valence-corrected chi connectivity index (χ4v) is 3.48. The second-order valence-electron chi connectivity index (χ2n) is 6.05.